The minimum absolute atomic E-state index is 0.317. The summed E-state index contributed by atoms with van der Waals surface area (Å²) in [5.74, 6) is 0.564. The molecule has 0 radical (unpaired) electrons. The van der Waals surface area contributed by atoms with E-state index in [1.165, 1.54) is 6.08 Å². The summed E-state index contributed by atoms with van der Waals surface area (Å²) < 4.78 is 10.8. The summed E-state index contributed by atoms with van der Waals surface area (Å²) in [4.78, 5) is 25.4. The first kappa shape index (κ1) is 22.9. The van der Waals surface area contributed by atoms with Crippen LogP contribution in [0, 0.1) is 0 Å². The first-order valence-electron chi connectivity index (χ1n) is 11.2. The lowest BCUT2D eigenvalue weighted by Crippen LogP contribution is -2.32. The number of benzene rings is 2. The van der Waals surface area contributed by atoms with Crippen molar-refractivity contribution < 1.29 is 19.1 Å². The molecule has 0 bridgehead atoms. The van der Waals surface area contributed by atoms with E-state index in [1.807, 2.05) is 42.5 Å². The lowest BCUT2D eigenvalue weighted by Gasteiger charge is -2.21. The standard InChI is InChI=1S/C26H29N3O4/c1-31-18-22-26(21-7-3-2-4-8-21)28-23(27-22)17-20-12-10-19(11-13-20)14-15-24(30)29-33-25-9-5-6-16-32-25/h2-4,7-8,10-15,25H,5-6,9,16-18H2,1H3,(H,27,28)(H,29,30)/b15-14+. The number of hydrogen-bond donors (Lipinski definition) is 2. The molecule has 0 spiro atoms. The smallest absolute Gasteiger partial charge is 0.267 e. The highest BCUT2D eigenvalue weighted by atomic mass is 16.8. The number of aromatic amines is 1. The van der Waals surface area contributed by atoms with Crippen molar-refractivity contribution in [1.82, 2.24) is 15.4 Å². The van der Waals surface area contributed by atoms with Crippen LogP contribution >= 0.6 is 0 Å². The van der Waals surface area contributed by atoms with E-state index in [0.717, 1.165) is 53.2 Å². The number of imidazole rings is 1. The predicted octanol–water partition coefficient (Wildman–Crippen LogP) is 4.40. The highest BCUT2D eigenvalue weighted by Gasteiger charge is 2.15. The lowest BCUT2D eigenvalue weighted by atomic mass is 10.1. The maximum Gasteiger partial charge on any atom is 0.267 e. The maximum absolute atomic E-state index is 12.0. The summed E-state index contributed by atoms with van der Waals surface area (Å²) in [7, 11) is 1.67. The van der Waals surface area contributed by atoms with E-state index in [1.54, 1.807) is 13.2 Å². The molecule has 33 heavy (non-hydrogen) atoms. The highest BCUT2D eigenvalue weighted by Crippen LogP contribution is 2.23. The Balaban J connectivity index is 1.34. The molecule has 1 fully saturated rings. The number of H-pyrrole nitrogens is 1. The summed E-state index contributed by atoms with van der Waals surface area (Å²) in [6.07, 6.45) is 6.39. The molecule has 1 amide bonds. The number of nitrogens with one attached hydrogen (secondary N) is 2. The van der Waals surface area contributed by atoms with E-state index in [0.29, 0.717) is 19.6 Å². The van der Waals surface area contributed by atoms with Crippen LogP contribution in [0.1, 0.15) is 41.9 Å². The van der Waals surface area contributed by atoms with Crippen LogP contribution in [0.4, 0.5) is 0 Å². The van der Waals surface area contributed by atoms with Gasteiger partial charge in [-0.3, -0.25) is 4.79 Å². The van der Waals surface area contributed by atoms with Gasteiger partial charge in [-0.1, -0.05) is 54.6 Å². The fourth-order valence-corrected chi connectivity index (χ4v) is 3.71. The number of carbonyl (C=O) groups is 1. The molecule has 1 aliphatic heterocycles. The molecule has 1 aliphatic rings. The summed E-state index contributed by atoms with van der Waals surface area (Å²) in [5, 5.41) is 0. The zero-order chi connectivity index (χ0) is 22.9. The maximum atomic E-state index is 12.0. The fraction of sp³-hybridized carbons (Fsp3) is 0.308. The topological polar surface area (TPSA) is 85.5 Å². The Bertz CT molecular complexity index is 1050. The Hall–Kier alpha value is -3.26. The molecule has 2 N–H and O–H groups in total. The van der Waals surface area contributed by atoms with Gasteiger partial charge in [-0.25, -0.2) is 15.3 Å². The number of carbonyl (C=O) groups excluding carboxylic acids is 1. The Labute approximate surface area is 193 Å². The van der Waals surface area contributed by atoms with E-state index in [-0.39, 0.29) is 12.2 Å². The number of hydroxylamine groups is 1. The molecule has 2 aromatic carbocycles. The van der Waals surface area contributed by atoms with Crippen LogP contribution < -0.4 is 5.48 Å². The molecule has 4 rings (SSSR count). The van der Waals surface area contributed by atoms with Gasteiger partial charge in [0, 0.05) is 32.6 Å². The number of hydrogen-bond acceptors (Lipinski definition) is 5. The first-order chi connectivity index (χ1) is 16.2. The van der Waals surface area contributed by atoms with Gasteiger partial charge < -0.3 is 14.5 Å². The van der Waals surface area contributed by atoms with Crippen molar-refractivity contribution in [2.24, 2.45) is 0 Å². The summed E-state index contributed by atoms with van der Waals surface area (Å²) in [6, 6.07) is 18.1. The summed E-state index contributed by atoms with van der Waals surface area (Å²) in [5.41, 5.74) is 7.43. The Morgan fingerprint density at radius 3 is 2.73 bits per heavy atom. The second-order valence-electron chi connectivity index (χ2n) is 7.94. The van der Waals surface area contributed by atoms with E-state index in [9.17, 15) is 4.79 Å². The van der Waals surface area contributed by atoms with Crippen LogP contribution in [-0.2, 0) is 32.1 Å². The molecule has 172 valence electrons. The van der Waals surface area contributed by atoms with Crippen molar-refractivity contribution in [3.8, 4) is 11.3 Å². The van der Waals surface area contributed by atoms with Gasteiger partial charge in [0.25, 0.3) is 5.91 Å². The Morgan fingerprint density at radius 2 is 2.00 bits per heavy atom. The quantitative estimate of drug-likeness (QED) is 0.375. The molecule has 0 aliphatic carbocycles. The molecular weight excluding hydrogens is 418 g/mol. The normalized spacial score (nSPS) is 16.2. The SMILES string of the molecule is COCc1nc(Cc2ccc(/C=C/C(=O)NOC3CCCCO3)cc2)[nH]c1-c1ccccc1. The molecule has 1 unspecified atom stereocenters. The van der Waals surface area contributed by atoms with Crippen LogP contribution in [-0.4, -0.2) is 35.9 Å². The first-order valence-corrected chi connectivity index (χ1v) is 11.2. The number of amides is 1. The van der Waals surface area contributed by atoms with Gasteiger partial charge in [0.2, 0.25) is 0 Å². The lowest BCUT2D eigenvalue weighted by molar-refractivity contribution is -0.198. The highest BCUT2D eigenvalue weighted by molar-refractivity contribution is 5.90. The minimum Gasteiger partial charge on any atom is -0.378 e. The largest absolute Gasteiger partial charge is 0.378 e. The number of ether oxygens (including phenoxy) is 2. The zero-order valence-electron chi connectivity index (χ0n) is 18.8. The molecule has 7 nitrogen and oxygen atoms in total. The number of methoxy groups -OCH3 is 1. The number of rotatable bonds is 9. The van der Waals surface area contributed by atoms with E-state index in [4.69, 9.17) is 19.3 Å². The molecule has 2 heterocycles. The van der Waals surface area contributed by atoms with Crippen LogP contribution in [0.5, 0.6) is 0 Å². The van der Waals surface area contributed by atoms with Gasteiger partial charge in [0.05, 0.1) is 18.0 Å². The molecule has 7 heteroatoms. The van der Waals surface area contributed by atoms with Gasteiger partial charge in [-0.05, 0) is 35.6 Å². The fourth-order valence-electron chi connectivity index (χ4n) is 3.71. The molecule has 1 atom stereocenters. The van der Waals surface area contributed by atoms with Crippen molar-refractivity contribution >= 4 is 12.0 Å². The van der Waals surface area contributed by atoms with Gasteiger partial charge in [0.1, 0.15) is 5.82 Å². The van der Waals surface area contributed by atoms with Crippen molar-refractivity contribution in [3.05, 3.63) is 83.3 Å². The van der Waals surface area contributed by atoms with Crippen LogP contribution in [0.25, 0.3) is 17.3 Å². The summed E-state index contributed by atoms with van der Waals surface area (Å²) >= 11 is 0. The Kier molecular flexibility index (Phi) is 8.03. The monoisotopic (exact) mass is 447 g/mol. The van der Waals surface area contributed by atoms with Crippen molar-refractivity contribution in [2.75, 3.05) is 13.7 Å². The van der Waals surface area contributed by atoms with Crippen molar-refractivity contribution in [2.45, 2.75) is 38.6 Å². The van der Waals surface area contributed by atoms with Gasteiger partial charge in [-0.2, -0.15) is 0 Å². The second-order valence-corrected chi connectivity index (χ2v) is 7.94. The van der Waals surface area contributed by atoms with E-state index < -0.39 is 0 Å². The average molecular weight is 448 g/mol. The molecule has 0 saturated carbocycles. The second kappa shape index (κ2) is 11.6. The van der Waals surface area contributed by atoms with E-state index >= 15 is 0 Å². The summed E-state index contributed by atoms with van der Waals surface area (Å²) in [6.45, 7) is 1.12. The van der Waals surface area contributed by atoms with Crippen LogP contribution in [0.2, 0.25) is 0 Å². The van der Waals surface area contributed by atoms with Gasteiger partial charge in [-0.15, -0.1) is 0 Å². The molecule has 1 aromatic heterocycles. The van der Waals surface area contributed by atoms with Crippen molar-refractivity contribution in [1.29, 1.82) is 0 Å². The molecular formula is C26H29N3O4. The predicted molar refractivity (Wildman–Crippen MR) is 126 cm³/mol. The van der Waals surface area contributed by atoms with Crippen LogP contribution in [0.3, 0.4) is 0 Å². The molecule has 3 aromatic rings. The van der Waals surface area contributed by atoms with Crippen molar-refractivity contribution in [3.63, 3.8) is 0 Å². The number of nitrogens with zero attached hydrogens (tertiary/aromatic N) is 1. The number of aromatic nitrogens is 2. The Morgan fingerprint density at radius 1 is 1.18 bits per heavy atom. The van der Waals surface area contributed by atoms with E-state index in [2.05, 4.69) is 22.6 Å². The average Bonchev–Trinajstić information content (AvgIpc) is 3.26. The van der Waals surface area contributed by atoms with Gasteiger partial charge >= 0.3 is 0 Å². The van der Waals surface area contributed by atoms with Crippen LogP contribution in [0.15, 0.2) is 60.7 Å². The third-order valence-corrected chi connectivity index (χ3v) is 5.38. The molecule has 1 saturated heterocycles. The zero-order valence-corrected chi connectivity index (χ0v) is 18.8. The minimum atomic E-state index is -0.358. The van der Waals surface area contributed by atoms with Gasteiger partial charge in [0.15, 0.2) is 6.29 Å². The third-order valence-electron chi connectivity index (χ3n) is 5.38. The third kappa shape index (κ3) is 6.61.